The van der Waals surface area contributed by atoms with Crippen LogP contribution in [0.2, 0.25) is 0 Å². The van der Waals surface area contributed by atoms with Gasteiger partial charge in [-0.05, 0) is 102 Å². The van der Waals surface area contributed by atoms with Gasteiger partial charge in [0.2, 0.25) is 0 Å². The molecular formula is C41H53N3O. The first-order valence-corrected chi connectivity index (χ1v) is 17.3. The van der Waals surface area contributed by atoms with Crippen molar-refractivity contribution in [2.45, 2.75) is 105 Å². The zero-order chi connectivity index (χ0) is 32.2. The first kappa shape index (κ1) is 33.8. The Labute approximate surface area is 271 Å². The molecule has 0 aliphatic heterocycles. The van der Waals surface area contributed by atoms with Crippen molar-refractivity contribution in [1.82, 2.24) is 0 Å². The van der Waals surface area contributed by atoms with Crippen LogP contribution in [0.3, 0.4) is 0 Å². The predicted octanol–water partition coefficient (Wildman–Crippen LogP) is 10.8. The maximum Gasteiger partial charge on any atom is 0.256 e. The minimum atomic E-state index is -0.103. The van der Waals surface area contributed by atoms with Crippen molar-refractivity contribution in [2.75, 3.05) is 16.8 Å². The van der Waals surface area contributed by atoms with Gasteiger partial charge < -0.3 is 16.8 Å². The van der Waals surface area contributed by atoms with E-state index in [0.29, 0.717) is 5.56 Å². The van der Waals surface area contributed by atoms with Crippen LogP contribution in [0.1, 0.15) is 112 Å². The highest BCUT2D eigenvalue weighted by molar-refractivity contribution is 6.12. The molecule has 5 N–H and O–H groups in total. The number of unbranched alkanes of at least 4 members (excludes halogenated alkanes) is 4. The van der Waals surface area contributed by atoms with Crippen LogP contribution in [0.15, 0.2) is 72.8 Å². The number of benzene rings is 4. The van der Waals surface area contributed by atoms with Crippen LogP contribution < -0.4 is 16.8 Å². The van der Waals surface area contributed by atoms with Crippen molar-refractivity contribution >= 4 is 23.0 Å². The van der Waals surface area contributed by atoms with E-state index in [1.165, 1.54) is 0 Å². The van der Waals surface area contributed by atoms with E-state index >= 15 is 0 Å². The molecule has 4 aromatic carbocycles. The van der Waals surface area contributed by atoms with E-state index in [9.17, 15) is 4.79 Å². The van der Waals surface area contributed by atoms with Gasteiger partial charge in [-0.2, -0.15) is 0 Å². The van der Waals surface area contributed by atoms with Gasteiger partial charge in [-0.15, -0.1) is 0 Å². The molecule has 4 aromatic rings. The molecule has 0 fully saturated rings. The molecule has 0 saturated carbocycles. The Morgan fingerprint density at radius 2 is 1.00 bits per heavy atom. The first-order valence-electron chi connectivity index (χ1n) is 17.3. The fourth-order valence-electron chi connectivity index (χ4n) is 6.34. The quantitative estimate of drug-likeness (QED) is 0.111. The zero-order valence-electron chi connectivity index (χ0n) is 28.0. The minimum absolute atomic E-state index is 0.103. The number of anilines is 3. The molecule has 0 aromatic heterocycles. The predicted molar refractivity (Wildman–Crippen MR) is 195 cm³/mol. The zero-order valence-corrected chi connectivity index (χ0v) is 28.0. The SMILES string of the molecule is CCCCc1cc(NC(=O)c2cc(CCCC)c(N)c(CCCC)c2-c2ccccc2)c(-c2ccccc2)c(CCCC)c1N. The fourth-order valence-corrected chi connectivity index (χ4v) is 6.34. The molecule has 0 atom stereocenters. The van der Waals surface area contributed by atoms with Crippen LogP contribution in [-0.2, 0) is 25.7 Å². The van der Waals surface area contributed by atoms with Crippen molar-refractivity contribution in [1.29, 1.82) is 0 Å². The van der Waals surface area contributed by atoms with Gasteiger partial charge in [0.25, 0.3) is 5.91 Å². The molecule has 0 unspecified atom stereocenters. The maximum atomic E-state index is 14.7. The van der Waals surface area contributed by atoms with Gasteiger partial charge in [0.15, 0.2) is 0 Å². The lowest BCUT2D eigenvalue weighted by Crippen LogP contribution is -2.18. The normalized spacial score (nSPS) is 11.1. The Balaban J connectivity index is 1.95. The molecule has 0 aliphatic rings. The number of carbonyl (C=O) groups excluding carboxylic acids is 1. The molecule has 0 aliphatic carbocycles. The summed E-state index contributed by atoms with van der Waals surface area (Å²) in [5, 5.41) is 3.45. The van der Waals surface area contributed by atoms with Crippen LogP contribution in [0.25, 0.3) is 22.3 Å². The van der Waals surface area contributed by atoms with Crippen LogP contribution in [0.4, 0.5) is 17.1 Å². The smallest absolute Gasteiger partial charge is 0.256 e. The Kier molecular flexibility index (Phi) is 12.7. The van der Waals surface area contributed by atoms with Gasteiger partial charge in [-0.25, -0.2) is 0 Å². The number of carbonyl (C=O) groups is 1. The molecule has 0 radical (unpaired) electrons. The van der Waals surface area contributed by atoms with E-state index in [0.717, 1.165) is 139 Å². The van der Waals surface area contributed by atoms with Crippen LogP contribution in [0.5, 0.6) is 0 Å². The Morgan fingerprint density at radius 1 is 0.578 bits per heavy atom. The number of nitrogens with two attached hydrogens (primary N) is 2. The molecule has 45 heavy (non-hydrogen) atoms. The highest BCUT2D eigenvalue weighted by atomic mass is 16.1. The molecule has 1 amide bonds. The van der Waals surface area contributed by atoms with Gasteiger partial charge in [0, 0.05) is 28.2 Å². The summed E-state index contributed by atoms with van der Waals surface area (Å²) in [5.74, 6) is -0.103. The number of hydrogen-bond acceptors (Lipinski definition) is 3. The van der Waals surface area contributed by atoms with Gasteiger partial charge in [0.1, 0.15) is 0 Å². The largest absolute Gasteiger partial charge is 0.398 e. The van der Waals surface area contributed by atoms with Gasteiger partial charge >= 0.3 is 0 Å². The topological polar surface area (TPSA) is 81.1 Å². The van der Waals surface area contributed by atoms with E-state index in [-0.39, 0.29) is 5.91 Å². The van der Waals surface area contributed by atoms with E-state index in [2.05, 4.69) is 81.5 Å². The second kappa shape index (κ2) is 16.9. The number of hydrogen-bond donors (Lipinski definition) is 3. The van der Waals surface area contributed by atoms with Gasteiger partial charge in [0.05, 0.1) is 0 Å². The number of nitrogens with one attached hydrogen (secondary N) is 1. The molecule has 0 spiro atoms. The van der Waals surface area contributed by atoms with E-state index in [4.69, 9.17) is 11.5 Å². The van der Waals surface area contributed by atoms with Crippen LogP contribution in [0, 0.1) is 0 Å². The molecular weight excluding hydrogens is 550 g/mol. The Bertz CT molecular complexity index is 1540. The summed E-state index contributed by atoms with van der Waals surface area (Å²) in [6, 6.07) is 24.9. The molecule has 4 rings (SSSR count). The van der Waals surface area contributed by atoms with Crippen molar-refractivity contribution in [3.63, 3.8) is 0 Å². The van der Waals surface area contributed by atoms with Crippen molar-refractivity contribution in [3.05, 3.63) is 101 Å². The van der Waals surface area contributed by atoms with Crippen molar-refractivity contribution in [2.24, 2.45) is 0 Å². The van der Waals surface area contributed by atoms with Crippen LogP contribution >= 0.6 is 0 Å². The lowest BCUT2D eigenvalue weighted by Gasteiger charge is -2.23. The average Bonchev–Trinajstić information content (AvgIpc) is 3.07. The third kappa shape index (κ3) is 8.16. The molecule has 238 valence electrons. The monoisotopic (exact) mass is 603 g/mol. The van der Waals surface area contributed by atoms with E-state index in [1.54, 1.807) is 0 Å². The van der Waals surface area contributed by atoms with Gasteiger partial charge in [-0.3, -0.25) is 4.79 Å². The van der Waals surface area contributed by atoms with Crippen molar-refractivity contribution in [3.8, 4) is 22.3 Å². The number of aryl methyl sites for hydroxylation is 2. The Morgan fingerprint density at radius 3 is 1.49 bits per heavy atom. The summed E-state index contributed by atoms with van der Waals surface area (Å²) >= 11 is 0. The third-order valence-corrected chi connectivity index (χ3v) is 8.90. The lowest BCUT2D eigenvalue weighted by molar-refractivity contribution is 0.102. The molecule has 4 nitrogen and oxygen atoms in total. The highest BCUT2D eigenvalue weighted by Crippen LogP contribution is 2.41. The highest BCUT2D eigenvalue weighted by Gasteiger charge is 2.24. The summed E-state index contributed by atoms with van der Waals surface area (Å²) in [6.45, 7) is 8.80. The molecule has 0 bridgehead atoms. The Hall–Kier alpha value is -4.05. The first-order chi connectivity index (χ1) is 21.9. The standard InChI is InChI=1S/C41H53N3O/c1-5-9-19-31-27-35(37(29-21-15-13-16-22-29)33(39(31)42)25-11-7-3)41(45)44-36-28-32(20-10-6-2)40(43)34(26-12-8-4)38(36)30-23-17-14-18-24-30/h13-18,21-24,27-28H,5-12,19-20,25-26,42-43H2,1-4H3,(H,44,45). The molecule has 4 heteroatoms. The van der Waals surface area contributed by atoms with Crippen molar-refractivity contribution < 1.29 is 4.79 Å². The number of amides is 1. The second-order valence-electron chi connectivity index (χ2n) is 12.3. The van der Waals surface area contributed by atoms with E-state index < -0.39 is 0 Å². The molecule has 0 saturated heterocycles. The fraction of sp³-hybridized carbons (Fsp3) is 0.390. The summed E-state index contributed by atoms with van der Waals surface area (Å²) in [6.07, 6.45) is 11.9. The molecule has 0 heterocycles. The summed E-state index contributed by atoms with van der Waals surface area (Å²) in [7, 11) is 0. The second-order valence-corrected chi connectivity index (χ2v) is 12.3. The average molecular weight is 604 g/mol. The van der Waals surface area contributed by atoms with E-state index in [1.807, 2.05) is 24.3 Å². The van der Waals surface area contributed by atoms with Crippen LogP contribution in [-0.4, -0.2) is 5.91 Å². The minimum Gasteiger partial charge on any atom is -0.398 e. The maximum absolute atomic E-state index is 14.7. The third-order valence-electron chi connectivity index (χ3n) is 8.90. The number of rotatable bonds is 16. The summed E-state index contributed by atoms with van der Waals surface area (Å²) in [5.41, 5.74) is 25.6. The number of nitrogen functional groups attached to an aromatic ring is 2. The lowest BCUT2D eigenvalue weighted by atomic mass is 9.86. The van der Waals surface area contributed by atoms with Gasteiger partial charge in [-0.1, -0.05) is 114 Å². The summed E-state index contributed by atoms with van der Waals surface area (Å²) < 4.78 is 0. The summed E-state index contributed by atoms with van der Waals surface area (Å²) in [4.78, 5) is 14.7.